The van der Waals surface area contributed by atoms with Gasteiger partial charge in [-0.15, -0.1) is 0 Å². The van der Waals surface area contributed by atoms with Crippen LogP contribution in [0.5, 0.6) is 0 Å². The Labute approximate surface area is 138 Å². The normalized spacial score (nSPS) is 11.5. The molecule has 0 saturated carbocycles. The molecule has 5 heteroatoms. The van der Waals surface area contributed by atoms with Gasteiger partial charge in [-0.25, -0.2) is 9.97 Å². The number of aromatic nitrogens is 2. The van der Waals surface area contributed by atoms with Gasteiger partial charge in [0.25, 0.3) is 0 Å². The average molecular weight is 328 g/mol. The van der Waals surface area contributed by atoms with Gasteiger partial charge in [-0.3, -0.25) is 0 Å². The van der Waals surface area contributed by atoms with Crippen LogP contribution in [-0.2, 0) is 12.6 Å². The summed E-state index contributed by atoms with van der Waals surface area (Å²) in [5, 5.41) is 0. The average Bonchev–Trinajstić information content (AvgIpc) is 2.61. The molecular formula is C19H15F3N2. The molecule has 0 aliphatic rings. The van der Waals surface area contributed by atoms with Crippen molar-refractivity contribution in [3.8, 4) is 22.6 Å². The quantitative estimate of drug-likeness (QED) is 0.644. The lowest BCUT2D eigenvalue weighted by Gasteiger charge is -2.12. The third-order valence-electron chi connectivity index (χ3n) is 3.74. The summed E-state index contributed by atoms with van der Waals surface area (Å²) in [5.41, 5.74) is 1.95. The highest BCUT2D eigenvalue weighted by molar-refractivity contribution is 5.67. The molecule has 0 amide bonds. The zero-order chi connectivity index (χ0) is 17.2. The minimum atomic E-state index is -4.38. The van der Waals surface area contributed by atoms with Crippen molar-refractivity contribution < 1.29 is 13.2 Å². The van der Waals surface area contributed by atoms with Gasteiger partial charge in [0.05, 0.1) is 11.3 Å². The lowest BCUT2D eigenvalue weighted by molar-refractivity contribution is -0.137. The molecule has 0 aliphatic carbocycles. The van der Waals surface area contributed by atoms with Gasteiger partial charge in [0, 0.05) is 17.3 Å². The summed E-state index contributed by atoms with van der Waals surface area (Å²) in [5.74, 6) is 0.500. The van der Waals surface area contributed by atoms with E-state index in [1.54, 1.807) is 12.3 Å². The molecule has 0 N–H and O–H groups in total. The van der Waals surface area contributed by atoms with Crippen molar-refractivity contribution in [2.75, 3.05) is 0 Å². The number of rotatable bonds is 3. The van der Waals surface area contributed by atoms with E-state index in [2.05, 4.69) is 9.97 Å². The molecule has 122 valence electrons. The highest BCUT2D eigenvalue weighted by atomic mass is 19.4. The number of alkyl halides is 3. The SMILES string of the molecule is CCc1cnc(-c2ccccc2)nc1-c1cccc(C(F)(F)F)c1. The van der Waals surface area contributed by atoms with Gasteiger partial charge in [-0.1, -0.05) is 49.4 Å². The predicted octanol–water partition coefficient (Wildman–Crippen LogP) is 5.39. The summed E-state index contributed by atoms with van der Waals surface area (Å²) in [6.45, 7) is 1.93. The van der Waals surface area contributed by atoms with Crippen LogP contribution in [0.25, 0.3) is 22.6 Å². The van der Waals surface area contributed by atoms with Crippen LogP contribution in [-0.4, -0.2) is 9.97 Å². The number of benzene rings is 2. The van der Waals surface area contributed by atoms with E-state index in [1.807, 2.05) is 37.3 Å². The van der Waals surface area contributed by atoms with Gasteiger partial charge in [-0.2, -0.15) is 13.2 Å². The maximum absolute atomic E-state index is 13.0. The van der Waals surface area contributed by atoms with E-state index in [4.69, 9.17) is 0 Å². The monoisotopic (exact) mass is 328 g/mol. The van der Waals surface area contributed by atoms with Crippen molar-refractivity contribution in [1.82, 2.24) is 9.97 Å². The van der Waals surface area contributed by atoms with E-state index in [0.717, 1.165) is 23.3 Å². The summed E-state index contributed by atoms with van der Waals surface area (Å²) in [6.07, 6.45) is -2.05. The topological polar surface area (TPSA) is 25.8 Å². The molecule has 0 atom stereocenters. The maximum atomic E-state index is 13.0. The number of hydrogen-bond acceptors (Lipinski definition) is 2. The van der Waals surface area contributed by atoms with Crippen molar-refractivity contribution in [2.24, 2.45) is 0 Å². The largest absolute Gasteiger partial charge is 0.416 e. The second-order valence-electron chi connectivity index (χ2n) is 5.37. The standard InChI is InChI=1S/C19H15F3N2/c1-2-13-12-23-18(14-7-4-3-5-8-14)24-17(13)15-9-6-10-16(11-15)19(20,21)22/h3-12H,2H2,1H3. The molecule has 24 heavy (non-hydrogen) atoms. The Hall–Kier alpha value is -2.69. The van der Waals surface area contributed by atoms with E-state index < -0.39 is 11.7 Å². The Balaban J connectivity index is 2.13. The van der Waals surface area contributed by atoms with Crippen LogP contribution in [0.3, 0.4) is 0 Å². The zero-order valence-corrected chi connectivity index (χ0v) is 13.0. The lowest BCUT2D eigenvalue weighted by atomic mass is 10.0. The van der Waals surface area contributed by atoms with Crippen molar-refractivity contribution in [3.05, 3.63) is 71.9 Å². The van der Waals surface area contributed by atoms with Gasteiger partial charge >= 0.3 is 6.18 Å². The number of hydrogen-bond donors (Lipinski definition) is 0. The Kier molecular flexibility index (Phi) is 4.34. The summed E-state index contributed by atoms with van der Waals surface area (Å²) < 4.78 is 38.9. The van der Waals surface area contributed by atoms with Crippen molar-refractivity contribution in [1.29, 1.82) is 0 Å². The van der Waals surface area contributed by atoms with Gasteiger partial charge in [0.1, 0.15) is 0 Å². The van der Waals surface area contributed by atoms with Crippen LogP contribution in [0.1, 0.15) is 18.1 Å². The Bertz CT molecular complexity index is 843. The molecule has 0 aliphatic heterocycles. The first-order chi connectivity index (χ1) is 11.5. The predicted molar refractivity (Wildman–Crippen MR) is 87.3 cm³/mol. The molecule has 2 nitrogen and oxygen atoms in total. The van der Waals surface area contributed by atoms with Crippen LogP contribution in [0.4, 0.5) is 13.2 Å². The first kappa shape index (κ1) is 16.2. The molecule has 1 heterocycles. The minimum Gasteiger partial charge on any atom is -0.236 e. The van der Waals surface area contributed by atoms with Crippen LogP contribution in [0.15, 0.2) is 60.8 Å². The van der Waals surface area contributed by atoms with Crippen LogP contribution in [0.2, 0.25) is 0 Å². The fourth-order valence-electron chi connectivity index (χ4n) is 2.48. The van der Waals surface area contributed by atoms with Crippen LogP contribution >= 0.6 is 0 Å². The summed E-state index contributed by atoms with van der Waals surface area (Å²) >= 11 is 0. The Morgan fingerprint density at radius 3 is 2.29 bits per heavy atom. The molecule has 0 saturated heterocycles. The Morgan fingerprint density at radius 2 is 1.62 bits per heavy atom. The molecule has 0 radical (unpaired) electrons. The van der Waals surface area contributed by atoms with E-state index in [9.17, 15) is 13.2 Å². The fraction of sp³-hybridized carbons (Fsp3) is 0.158. The second kappa shape index (κ2) is 6.43. The fourth-order valence-corrected chi connectivity index (χ4v) is 2.48. The summed E-state index contributed by atoms with van der Waals surface area (Å²) in [4.78, 5) is 8.87. The minimum absolute atomic E-state index is 0.446. The highest BCUT2D eigenvalue weighted by Gasteiger charge is 2.30. The number of halogens is 3. The van der Waals surface area contributed by atoms with Crippen molar-refractivity contribution >= 4 is 0 Å². The second-order valence-corrected chi connectivity index (χ2v) is 5.37. The molecule has 0 bridgehead atoms. The lowest BCUT2D eigenvalue weighted by Crippen LogP contribution is -2.05. The van der Waals surface area contributed by atoms with Gasteiger partial charge in [0.2, 0.25) is 0 Å². The van der Waals surface area contributed by atoms with E-state index in [-0.39, 0.29) is 0 Å². The van der Waals surface area contributed by atoms with Crippen LogP contribution in [0, 0.1) is 0 Å². The zero-order valence-electron chi connectivity index (χ0n) is 13.0. The Morgan fingerprint density at radius 1 is 0.917 bits per heavy atom. The maximum Gasteiger partial charge on any atom is 0.416 e. The van der Waals surface area contributed by atoms with Crippen molar-refractivity contribution in [3.63, 3.8) is 0 Å². The summed E-state index contributed by atoms with van der Waals surface area (Å²) in [6, 6.07) is 14.6. The highest BCUT2D eigenvalue weighted by Crippen LogP contribution is 2.33. The number of aryl methyl sites for hydroxylation is 1. The molecule has 3 aromatic rings. The molecule has 2 aromatic carbocycles. The van der Waals surface area contributed by atoms with Crippen molar-refractivity contribution in [2.45, 2.75) is 19.5 Å². The summed E-state index contributed by atoms with van der Waals surface area (Å²) in [7, 11) is 0. The van der Waals surface area contributed by atoms with Crippen LogP contribution < -0.4 is 0 Å². The number of nitrogens with zero attached hydrogens (tertiary/aromatic N) is 2. The van der Waals surface area contributed by atoms with Gasteiger partial charge in [-0.05, 0) is 24.1 Å². The first-order valence-corrected chi connectivity index (χ1v) is 7.58. The first-order valence-electron chi connectivity index (χ1n) is 7.58. The van der Waals surface area contributed by atoms with Gasteiger partial charge < -0.3 is 0 Å². The molecule has 1 aromatic heterocycles. The van der Waals surface area contributed by atoms with E-state index in [0.29, 0.717) is 23.5 Å². The molecule has 0 fully saturated rings. The van der Waals surface area contributed by atoms with E-state index >= 15 is 0 Å². The van der Waals surface area contributed by atoms with Gasteiger partial charge in [0.15, 0.2) is 5.82 Å². The van der Waals surface area contributed by atoms with E-state index in [1.165, 1.54) is 6.07 Å². The third-order valence-corrected chi connectivity index (χ3v) is 3.74. The molecule has 0 spiro atoms. The molecular weight excluding hydrogens is 313 g/mol. The third kappa shape index (κ3) is 3.30. The molecule has 3 rings (SSSR count). The molecule has 0 unspecified atom stereocenters. The smallest absolute Gasteiger partial charge is 0.236 e.